The van der Waals surface area contributed by atoms with Crippen LogP contribution in [0.4, 0.5) is 4.39 Å². The molecule has 3 rings (SSSR count). The Morgan fingerprint density at radius 2 is 2.20 bits per heavy atom. The number of aromatic amines is 1. The van der Waals surface area contributed by atoms with Crippen LogP contribution in [0.15, 0.2) is 34.9 Å². The average molecular weight is 354 g/mol. The van der Waals surface area contributed by atoms with Crippen molar-refractivity contribution in [1.82, 2.24) is 14.5 Å². The number of rotatable bonds is 2. The first-order valence-corrected chi connectivity index (χ1v) is 6.90. The average Bonchev–Trinajstić information content (AvgIpc) is 2.73. The zero-order valence-electron chi connectivity index (χ0n) is 10.4. The lowest BCUT2D eigenvalue weighted by molar-refractivity contribution is 0.386. The van der Waals surface area contributed by atoms with Crippen LogP contribution in [0.1, 0.15) is 0 Å². The van der Waals surface area contributed by atoms with Gasteiger partial charge in [-0.15, -0.1) is 0 Å². The fourth-order valence-electron chi connectivity index (χ4n) is 2.00. The van der Waals surface area contributed by atoms with E-state index < -0.39 is 5.82 Å². The van der Waals surface area contributed by atoms with E-state index in [9.17, 15) is 4.39 Å². The lowest BCUT2D eigenvalue weighted by Crippen LogP contribution is -1.97. The van der Waals surface area contributed by atoms with Gasteiger partial charge < -0.3 is 9.72 Å². The maximum atomic E-state index is 13.8. The zero-order chi connectivity index (χ0) is 14.3. The number of halogens is 2. The number of nitrogens with one attached hydrogen (secondary N) is 1. The van der Waals surface area contributed by atoms with E-state index >= 15 is 0 Å². The summed E-state index contributed by atoms with van der Waals surface area (Å²) in [5.41, 5.74) is 2.01. The Bertz CT molecular complexity index is 858. The summed E-state index contributed by atoms with van der Waals surface area (Å²) in [5, 5.41) is 0. The molecule has 2 aromatic heterocycles. The van der Waals surface area contributed by atoms with E-state index in [1.54, 1.807) is 22.9 Å². The number of methoxy groups -OCH3 is 1. The molecule has 4 nitrogen and oxygen atoms in total. The van der Waals surface area contributed by atoms with Crippen LogP contribution in [0, 0.1) is 10.6 Å². The highest BCUT2D eigenvalue weighted by atomic mass is 79.9. The van der Waals surface area contributed by atoms with Crippen molar-refractivity contribution in [2.75, 3.05) is 7.11 Å². The third kappa shape index (κ3) is 2.12. The molecule has 102 valence electrons. The number of H-pyrrole nitrogens is 1. The third-order valence-corrected chi connectivity index (χ3v) is 3.60. The first kappa shape index (κ1) is 13.3. The Labute approximate surface area is 127 Å². The fourth-order valence-corrected chi connectivity index (χ4v) is 2.64. The zero-order valence-corrected chi connectivity index (χ0v) is 12.8. The maximum absolute atomic E-state index is 13.8. The second-order valence-electron chi connectivity index (χ2n) is 4.11. The summed E-state index contributed by atoms with van der Waals surface area (Å²) in [7, 11) is 1.43. The molecular weight excluding hydrogens is 345 g/mol. The number of benzene rings is 1. The molecule has 0 saturated carbocycles. The van der Waals surface area contributed by atoms with Gasteiger partial charge in [0.15, 0.2) is 22.0 Å². The van der Waals surface area contributed by atoms with Crippen molar-refractivity contribution in [2.24, 2.45) is 0 Å². The summed E-state index contributed by atoms with van der Waals surface area (Å²) in [6.45, 7) is 0. The summed E-state index contributed by atoms with van der Waals surface area (Å²) in [6, 6.07) is 6.53. The van der Waals surface area contributed by atoms with E-state index in [1.807, 2.05) is 6.07 Å². The number of ether oxygens (including phenoxy) is 1. The van der Waals surface area contributed by atoms with Gasteiger partial charge in [0.1, 0.15) is 0 Å². The number of aromatic nitrogens is 3. The Morgan fingerprint density at radius 1 is 1.40 bits per heavy atom. The number of fused-ring (bicyclic) bond motifs is 1. The van der Waals surface area contributed by atoms with E-state index in [2.05, 4.69) is 25.9 Å². The molecule has 2 heterocycles. The number of imidazole rings is 1. The summed E-state index contributed by atoms with van der Waals surface area (Å²) in [5.74, 6) is -0.255. The molecule has 0 bridgehead atoms. The molecule has 0 aliphatic carbocycles. The highest BCUT2D eigenvalue weighted by Crippen LogP contribution is 2.24. The molecule has 0 aliphatic heterocycles. The summed E-state index contributed by atoms with van der Waals surface area (Å²) in [4.78, 5) is 7.36. The van der Waals surface area contributed by atoms with Gasteiger partial charge in [-0.25, -0.2) is 9.37 Å². The third-order valence-electron chi connectivity index (χ3n) is 2.88. The van der Waals surface area contributed by atoms with Crippen molar-refractivity contribution in [3.8, 4) is 11.4 Å². The maximum Gasteiger partial charge on any atom is 0.184 e. The van der Waals surface area contributed by atoms with Gasteiger partial charge in [0.05, 0.1) is 18.3 Å². The predicted molar refractivity (Wildman–Crippen MR) is 80.5 cm³/mol. The second kappa shape index (κ2) is 4.99. The molecule has 3 aromatic rings. The number of hydrogen-bond donors (Lipinski definition) is 1. The molecule has 0 amide bonds. The van der Waals surface area contributed by atoms with Crippen molar-refractivity contribution in [1.29, 1.82) is 0 Å². The van der Waals surface area contributed by atoms with Crippen LogP contribution in [0.2, 0.25) is 0 Å². The SMILES string of the molecule is COc1ccc(-n2c(=S)[nH]c3cc(Br)cnc32)cc1F. The molecule has 20 heavy (non-hydrogen) atoms. The Hall–Kier alpha value is -1.73. The van der Waals surface area contributed by atoms with Gasteiger partial charge in [0.25, 0.3) is 0 Å². The Balaban J connectivity index is 2.26. The lowest BCUT2D eigenvalue weighted by Gasteiger charge is -2.06. The molecule has 0 unspecified atom stereocenters. The van der Waals surface area contributed by atoms with Crippen molar-refractivity contribution < 1.29 is 9.13 Å². The summed E-state index contributed by atoms with van der Waals surface area (Å²) in [6.07, 6.45) is 1.67. The predicted octanol–water partition coefficient (Wildman–Crippen LogP) is 3.99. The summed E-state index contributed by atoms with van der Waals surface area (Å²) >= 11 is 8.63. The van der Waals surface area contributed by atoms with Gasteiger partial charge >= 0.3 is 0 Å². The van der Waals surface area contributed by atoms with Crippen molar-refractivity contribution in [3.05, 3.63) is 45.5 Å². The topological polar surface area (TPSA) is 42.8 Å². The minimum atomic E-state index is -0.446. The largest absolute Gasteiger partial charge is 0.494 e. The van der Waals surface area contributed by atoms with E-state index in [4.69, 9.17) is 17.0 Å². The van der Waals surface area contributed by atoms with Crippen LogP contribution >= 0.6 is 28.1 Å². The first-order valence-electron chi connectivity index (χ1n) is 5.70. The van der Waals surface area contributed by atoms with Crippen LogP contribution in [-0.4, -0.2) is 21.6 Å². The van der Waals surface area contributed by atoms with Gasteiger partial charge in [-0.3, -0.25) is 4.57 Å². The van der Waals surface area contributed by atoms with E-state index in [-0.39, 0.29) is 5.75 Å². The van der Waals surface area contributed by atoms with Gasteiger partial charge in [-0.1, -0.05) is 0 Å². The van der Waals surface area contributed by atoms with E-state index in [1.165, 1.54) is 13.2 Å². The van der Waals surface area contributed by atoms with E-state index in [0.717, 1.165) is 9.99 Å². The van der Waals surface area contributed by atoms with Crippen molar-refractivity contribution in [3.63, 3.8) is 0 Å². The Morgan fingerprint density at radius 3 is 2.90 bits per heavy atom. The molecule has 1 N–H and O–H groups in total. The quantitative estimate of drug-likeness (QED) is 0.708. The van der Waals surface area contributed by atoms with Gasteiger partial charge in [0.2, 0.25) is 0 Å². The molecule has 0 saturated heterocycles. The molecule has 7 heteroatoms. The number of nitrogens with zero attached hydrogens (tertiary/aromatic N) is 2. The summed E-state index contributed by atoms with van der Waals surface area (Å²) < 4.78 is 21.7. The van der Waals surface area contributed by atoms with Gasteiger partial charge in [-0.2, -0.15) is 0 Å². The molecule has 0 radical (unpaired) electrons. The second-order valence-corrected chi connectivity index (χ2v) is 5.41. The monoisotopic (exact) mass is 353 g/mol. The molecular formula is C13H9BrFN3OS. The van der Waals surface area contributed by atoms with Gasteiger partial charge in [0, 0.05) is 16.7 Å². The van der Waals surface area contributed by atoms with Crippen LogP contribution < -0.4 is 4.74 Å². The van der Waals surface area contributed by atoms with Crippen LogP contribution in [0.3, 0.4) is 0 Å². The smallest absolute Gasteiger partial charge is 0.184 e. The normalized spacial score (nSPS) is 10.9. The number of hydrogen-bond acceptors (Lipinski definition) is 3. The molecule has 0 spiro atoms. The van der Waals surface area contributed by atoms with Crippen LogP contribution in [0.5, 0.6) is 5.75 Å². The van der Waals surface area contributed by atoms with Gasteiger partial charge in [-0.05, 0) is 46.3 Å². The van der Waals surface area contributed by atoms with Crippen LogP contribution in [-0.2, 0) is 0 Å². The Kier molecular flexibility index (Phi) is 3.31. The fraction of sp³-hybridized carbons (Fsp3) is 0.0769. The highest BCUT2D eigenvalue weighted by Gasteiger charge is 2.11. The van der Waals surface area contributed by atoms with E-state index in [0.29, 0.717) is 16.1 Å². The molecule has 0 fully saturated rings. The standard InChI is InChI=1S/C13H9BrFN3OS/c1-19-11-3-2-8(5-9(11)15)18-12-10(17-13(18)20)4-7(14)6-16-12/h2-6H,1H3,(H,17,20). The molecule has 1 aromatic carbocycles. The highest BCUT2D eigenvalue weighted by molar-refractivity contribution is 9.10. The van der Waals surface area contributed by atoms with Crippen molar-refractivity contribution in [2.45, 2.75) is 0 Å². The first-order chi connectivity index (χ1) is 9.60. The molecule has 0 atom stereocenters. The van der Waals surface area contributed by atoms with Crippen LogP contribution in [0.25, 0.3) is 16.9 Å². The minimum absolute atomic E-state index is 0.191. The number of pyridine rings is 1. The lowest BCUT2D eigenvalue weighted by atomic mass is 10.3. The van der Waals surface area contributed by atoms with Crippen molar-refractivity contribution >= 4 is 39.3 Å². The molecule has 0 aliphatic rings. The minimum Gasteiger partial charge on any atom is -0.494 e.